The highest BCUT2D eigenvalue weighted by Crippen LogP contribution is 2.29. The highest BCUT2D eigenvalue weighted by molar-refractivity contribution is 5.92. The summed E-state index contributed by atoms with van der Waals surface area (Å²) in [4.78, 5) is 25.5. The molecule has 1 N–H and O–H groups in total. The van der Waals surface area contributed by atoms with Gasteiger partial charge < -0.3 is 14.9 Å². The van der Waals surface area contributed by atoms with E-state index in [-0.39, 0.29) is 19.0 Å². The molecule has 0 spiro atoms. The van der Waals surface area contributed by atoms with E-state index >= 15 is 0 Å². The standard InChI is InChI=1S/C15H15F3N2O3/c16-15(17,18)12-4-1-11(2-5-12)3-6-13(21)19-7-9-20(10-8-19)14(22)23/h1-6H,7-10H2,(H,22,23)/b6-3-. The first-order valence-electron chi connectivity index (χ1n) is 6.89. The summed E-state index contributed by atoms with van der Waals surface area (Å²) < 4.78 is 37.3. The first kappa shape index (κ1) is 16.9. The second-order valence-electron chi connectivity index (χ2n) is 5.05. The summed E-state index contributed by atoms with van der Waals surface area (Å²) in [5.41, 5.74) is -0.263. The van der Waals surface area contributed by atoms with Crippen molar-refractivity contribution >= 4 is 18.1 Å². The number of piperazine rings is 1. The molecule has 1 heterocycles. The molecule has 1 aliphatic rings. The van der Waals surface area contributed by atoms with Gasteiger partial charge in [-0.25, -0.2) is 4.79 Å². The van der Waals surface area contributed by atoms with Crippen LogP contribution in [0.15, 0.2) is 30.3 Å². The summed E-state index contributed by atoms with van der Waals surface area (Å²) in [5.74, 6) is -0.296. The molecule has 1 aliphatic heterocycles. The number of alkyl halides is 3. The zero-order valence-corrected chi connectivity index (χ0v) is 12.1. The fourth-order valence-corrected chi connectivity index (χ4v) is 2.17. The third-order valence-electron chi connectivity index (χ3n) is 3.52. The minimum absolute atomic E-state index is 0.245. The molecule has 1 aromatic carbocycles. The number of rotatable bonds is 2. The van der Waals surface area contributed by atoms with E-state index in [1.54, 1.807) is 0 Å². The van der Waals surface area contributed by atoms with E-state index in [1.807, 2.05) is 0 Å². The summed E-state index contributed by atoms with van der Waals surface area (Å²) >= 11 is 0. The molecule has 2 amide bonds. The largest absolute Gasteiger partial charge is 0.465 e. The van der Waals surface area contributed by atoms with Crippen molar-refractivity contribution in [1.29, 1.82) is 0 Å². The number of carbonyl (C=O) groups is 2. The van der Waals surface area contributed by atoms with Crippen molar-refractivity contribution in [3.8, 4) is 0 Å². The predicted octanol–water partition coefficient (Wildman–Crippen LogP) is 2.54. The van der Waals surface area contributed by atoms with E-state index in [1.165, 1.54) is 34.1 Å². The number of amides is 2. The number of carboxylic acid groups (broad SMARTS) is 1. The molecule has 0 radical (unpaired) electrons. The van der Waals surface area contributed by atoms with Crippen LogP contribution in [0.25, 0.3) is 6.08 Å². The van der Waals surface area contributed by atoms with Gasteiger partial charge in [-0.2, -0.15) is 13.2 Å². The van der Waals surface area contributed by atoms with Gasteiger partial charge in [0, 0.05) is 32.3 Å². The summed E-state index contributed by atoms with van der Waals surface area (Å²) in [6.07, 6.45) is -2.69. The highest BCUT2D eigenvalue weighted by atomic mass is 19.4. The topological polar surface area (TPSA) is 60.9 Å². The Morgan fingerprint density at radius 1 is 1.00 bits per heavy atom. The SMILES string of the molecule is O=C(O)N1CCN(C(=O)/C=C\c2ccc(C(F)(F)F)cc2)CC1. The van der Waals surface area contributed by atoms with Crippen LogP contribution in [0.1, 0.15) is 11.1 Å². The van der Waals surface area contributed by atoms with Crippen LogP contribution in [0.4, 0.5) is 18.0 Å². The van der Waals surface area contributed by atoms with Crippen LogP contribution in [-0.2, 0) is 11.0 Å². The van der Waals surface area contributed by atoms with Gasteiger partial charge in [-0.3, -0.25) is 4.79 Å². The zero-order chi connectivity index (χ0) is 17.0. The lowest BCUT2D eigenvalue weighted by Crippen LogP contribution is -2.49. The van der Waals surface area contributed by atoms with Crippen LogP contribution >= 0.6 is 0 Å². The van der Waals surface area contributed by atoms with Crippen molar-refractivity contribution in [2.24, 2.45) is 0 Å². The van der Waals surface area contributed by atoms with E-state index in [9.17, 15) is 22.8 Å². The Bertz CT molecular complexity index is 603. The third kappa shape index (κ3) is 4.48. The predicted molar refractivity (Wildman–Crippen MR) is 76.7 cm³/mol. The zero-order valence-electron chi connectivity index (χ0n) is 12.1. The molecule has 1 saturated heterocycles. The molecule has 2 rings (SSSR count). The van der Waals surface area contributed by atoms with Crippen molar-refractivity contribution in [3.63, 3.8) is 0 Å². The monoisotopic (exact) mass is 328 g/mol. The Labute approximate surface area is 130 Å². The lowest BCUT2D eigenvalue weighted by molar-refractivity contribution is -0.137. The number of nitrogens with zero attached hydrogens (tertiary/aromatic N) is 2. The van der Waals surface area contributed by atoms with Crippen LogP contribution in [-0.4, -0.2) is 53.1 Å². The number of halogens is 3. The van der Waals surface area contributed by atoms with Crippen LogP contribution in [0, 0.1) is 0 Å². The highest BCUT2D eigenvalue weighted by Gasteiger charge is 2.29. The lowest BCUT2D eigenvalue weighted by Gasteiger charge is -2.32. The first-order valence-corrected chi connectivity index (χ1v) is 6.89. The Morgan fingerprint density at radius 2 is 1.52 bits per heavy atom. The van der Waals surface area contributed by atoms with Crippen molar-refractivity contribution in [2.45, 2.75) is 6.18 Å². The van der Waals surface area contributed by atoms with Crippen molar-refractivity contribution in [3.05, 3.63) is 41.5 Å². The molecule has 0 saturated carbocycles. The smallest absolute Gasteiger partial charge is 0.416 e. The fraction of sp³-hybridized carbons (Fsp3) is 0.333. The van der Waals surface area contributed by atoms with Crippen molar-refractivity contribution in [1.82, 2.24) is 9.80 Å². The molecule has 0 bridgehead atoms. The van der Waals surface area contributed by atoms with Gasteiger partial charge >= 0.3 is 12.3 Å². The molecule has 0 unspecified atom stereocenters. The second kappa shape index (κ2) is 6.72. The van der Waals surface area contributed by atoms with E-state index in [0.29, 0.717) is 18.7 Å². The maximum Gasteiger partial charge on any atom is 0.416 e. The van der Waals surface area contributed by atoms with Crippen LogP contribution < -0.4 is 0 Å². The lowest BCUT2D eigenvalue weighted by atomic mass is 10.1. The van der Waals surface area contributed by atoms with Crippen LogP contribution in [0.5, 0.6) is 0 Å². The fourth-order valence-electron chi connectivity index (χ4n) is 2.17. The quantitative estimate of drug-likeness (QED) is 0.849. The molecule has 124 valence electrons. The normalized spacial score (nSPS) is 16.0. The van der Waals surface area contributed by atoms with Gasteiger partial charge in [0.25, 0.3) is 0 Å². The number of hydrogen-bond donors (Lipinski definition) is 1. The molecule has 0 atom stereocenters. The molecule has 8 heteroatoms. The van der Waals surface area contributed by atoms with Gasteiger partial charge in [-0.1, -0.05) is 12.1 Å². The Hall–Kier alpha value is -2.51. The van der Waals surface area contributed by atoms with Crippen molar-refractivity contribution in [2.75, 3.05) is 26.2 Å². The number of benzene rings is 1. The first-order chi connectivity index (χ1) is 10.8. The minimum Gasteiger partial charge on any atom is -0.465 e. The van der Waals surface area contributed by atoms with Crippen LogP contribution in [0.2, 0.25) is 0 Å². The number of carbonyl (C=O) groups excluding carboxylic acids is 1. The average molecular weight is 328 g/mol. The van der Waals surface area contributed by atoms with Gasteiger partial charge in [0.2, 0.25) is 5.91 Å². The maximum absolute atomic E-state index is 12.4. The van der Waals surface area contributed by atoms with Gasteiger partial charge in [0.1, 0.15) is 0 Å². The Morgan fingerprint density at radius 3 is 2.00 bits per heavy atom. The van der Waals surface area contributed by atoms with E-state index < -0.39 is 17.8 Å². The minimum atomic E-state index is -4.39. The summed E-state index contributed by atoms with van der Waals surface area (Å²) in [5, 5.41) is 8.82. The molecule has 5 nitrogen and oxygen atoms in total. The van der Waals surface area contributed by atoms with E-state index in [4.69, 9.17) is 5.11 Å². The molecule has 23 heavy (non-hydrogen) atoms. The molecule has 1 fully saturated rings. The molecule has 1 aromatic rings. The van der Waals surface area contributed by atoms with Gasteiger partial charge in [0.05, 0.1) is 5.56 Å². The third-order valence-corrected chi connectivity index (χ3v) is 3.52. The van der Waals surface area contributed by atoms with E-state index in [2.05, 4.69) is 0 Å². The van der Waals surface area contributed by atoms with Crippen molar-refractivity contribution < 1.29 is 27.9 Å². The molecule has 0 aromatic heterocycles. The summed E-state index contributed by atoms with van der Waals surface area (Å²) in [7, 11) is 0. The average Bonchev–Trinajstić information content (AvgIpc) is 2.52. The molecular formula is C15H15F3N2O3. The maximum atomic E-state index is 12.4. The van der Waals surface area contributed by atoms with E-state index in [0.717, 1.165) is 12.1 Å². The number of hydrogen-bond acceptors (Lipinski definition) is 2. The van der Waals surface area contributed by atoms with Gasteiger partial charge in [0.15, 0.2) is 0 Å². The molecule has 0 aliphatic carbocycles. The van der Waals surface area contributed by atoms with Crippen LogP contribution in [0.3, 0.4) is 0 Å². The van der Waals surface area contributed by atoms with Gasteiger partial charge in [-0.05, 0) is 23.8 Å². The van der Waals surface area contributed by atoms with Gasteiger partial charge in [-0.15, -0.1) is 0 Å². The Balaban J connectivity index is 1.93. The summed E-state index contributed by atoms with van der Waals surface area (Å²) in [6, 6.07) is 4.48. The Kier molecular flexibility index (Phi) is 4.92. The summed E-state index contributed by atoms with van der Waals surface area (Å²) in [6.45, 7) is 1.08. The molecular weight excluding hydrogens is 313 g/mol. The second-order valence-corrected chi connectivity index (χ2v) is 5.05.